The van der Waals surface area contributed by atoms with Gasteiger partial charge in [0, 0.05) is 39.3 Å². The summed E-state index contributed by atoms with van der Waals surface area (Å²) in [6.07, 6.45) is 4.36. The number of fused-ring (bicyclic) bond motifs is 1. The number of esters is 1. The maximum Gasteiger partial charge on any atom is 0.340 e. The lowest BCUT2D eigenvalue weighted by Gasteiger charge is -2.36. The maximum absolute atomic E-state index is 12.4. The molecule has 0 aromatic heterocycles. The second kappa shape index (κ2) is 10.3. The summed E-state index contributed by atoms with van der Waals surface area (Å²) in [5.74, 6) is -0.256. The molecule has 1 aromatic rings. The second-order valence-electron chi connectivity index (χ2n) is 8.81. The number of benzene rings is 1. The summed E-state index contributed by atoms with van der Waals surface area (Å²) in [7, 11) is 0. The van der Waals surface area contributed by atoms with Gasteiger partial charge in [-0.2, -0.15) is 0 Å². The zero-order chi connectivity index (χ0) is 22.5. The minimum Gasteiger partial charge on any atom is -0.462 e. The summed E-state index contributed by atoms with van der Waals surface area (Å²) >= 11 is 0. The fourth-order valence-corrected chi connectivity index (χ4v) is 4.90. The molecule has 3 amide bonds. The molecule has 0 bridgehead atoms. The minimum atomic E-state index is -0.253. The SMILES string of the molecule is CCCOC(=O)c1ccccc1N1CCN(CCCCN2C(=O)C3CCCN3C2=O)CC1. The van der Waals surface area contributed by atoms with Gasteiger partial charge < -0.3 is 14.5 Å². The number of piperazine rings is 1. The van der Waals surface area contributed by atoms with Crippen LogP contribution in [0.5, 0.6) is 0 Å². The van der Waals surface area contributed by atoms with Crippen LogP contribution < -0.4 is 4.90 Å². The van der Waals surface area contributed by atoms with Gasteiger partial charge in [0.05, 0.1) is 17.9 Å². The first-order valence-corrected chi connectivity index (χ1v) is 12.0. The molecule has 0 spiro atoms. The van der Waals surface area contributed by atoms with Crippen LogP contribution >= 0.6 is 0 Å². The van der Waals surface area contributed by atoms with Crippen LogP contribution in [0.1, 0.15) is 49.4 Å². The number of amides is 3. The van der Waals surface area contributed by atoms with E-state index >= 15 is 0 Å². The van der Waals surface area contributed by atoms with Crippen molar-refractivity contribution in [3.8, 4) is 0 Å². The van der Waals surface area contributed by atoms with E-state index in [0.29, 0.717) is 18.7 Å². The Labute approximate surface area is 190 Å². The Hall–Kier alpha value is -2.61. The smallest absolute Gasteiger partial charge is 0.340 e. The molecule has 3 aliphatic rings. The number of ether oxygens (including phenoxy) is 1. The van der Waals surface area contributed by atoms with Crippen molar-refractivity contribution < 1.29 is 19.1 Å². The number of carbonyl (C=O) groups excluding carboxylic acids is 3. The molecule has 1 aromatic carbocycles. The van der Waals surface area contributed by atoms with E-state index in [2.05, 4.69) is 9.80 Å². The molecule has 3 aliphatic heterocycles. The Kier molecular flexibility index (Phi) is 7.29. The number of carbonyl (C=O) groups is 3. The third-order valence-corrected chi connectivity index (χ3v) is 6.66. The van der Waals surface area contributed by atoms with Gasteiger partial charge in [-0.25, -0.2) is 9.59 Å². The molecule has 0 N–H and O–H groups in total. The predicted octanol–water partition coefficient (Wildman–Crippen LogP) is 2.58. The molecule has 32 heavy (non-hydrogen) atoms. The number of hydrogen-bond acceptors (Lipinski definition) is 6. The number of anilines is 1. The van der Waals surface area contributed by atoms with Crippen molar-refractivity contribution in [2.45, 2.75) is 45.1 Å². The molecule has 0 aliphatic carbocycles. The Bertz CT molecular complexity index is 815. The van der Waals surface area contributed by atoms with Gasteiger partial charge >= 0.3 is 12.0 Å². The predicted molar refractivity (Wildman–Crippen MR) is 122 cm³/mol. The Morgan fingerprint density at radius 3 is 2.53 bits per heavy atom. The lowest BCUT2D eigenvalue weighted by molar-refractivity contribution is -0.128. The number of imide groups is 1. The number of urea groups is 1. The summed E-state index contributed by atoms with van der Waals surface area (Å²) < 4.78 is 5.35. The highest BCUT2D eigenvalue weighted by atomic mass is 16.5. The lowest BCUT2D eigenvalue weighted by atomic mass is 10.1. The van der Waals surface area contributed by atoms with Crippen molar-refractivity contribution in [3.05, 3.63) is 29.8 Å². The molecule has 3 heterocycles. The van der Waals surface area contributed by atoms with Crippen molar-refractivity contribution in [1.29, 1.82) is 0 Å². The summed E-state index contributed by atoms with van der Waals surface area (Å²) in [5, 5.41) is 0. The van der Waals surface area contributed by atoms with Gasteiger partial charge in [0.25, 0.3) is 5.91 Å². The normalized spacial score (nSPS) is 21.4. The average molecular weight is 443 g/mol. The molecule has 8 heteroatoms. The third-order valence-electron chi connectivity index (χ3n) is 6.66. The first-order chi connectivity index (χ1) is 15.6. The van der Waals surface area contributed by atoms with Crippen molar-refractivity contribution >= 4 is 23.6 Å². The van der Waals surface area contributed by atoms with Crippen LogP contribution in [0.4, 0.5) is 10.5 Å². The third kappa shape index (κ3) is 4.75. The molecule has 0 saturated carbocycles. The largest absolute Gasteiger partial charge is 0.462 e. The first kappa shape index (κ1) is 22.6. The molecule has 174 valence electrons. The van der Waals surface area contributed by atoms with Crippen LogP contribution in [0.2, 0.25) is 0 Å². The molecule has 3 saturated heterocycles. The van der Waals surface area contributed by atoms with E-state index in [1.165, 1.54) is 4.90 Å². The van der Waals surface area contributed by atoms with E-state index in [-0.39, 0.29) is 23.9 Å². The number of para-hydroxylation sites is 1. The van der Waals surface area contributed by atoms with Crippen molar-refractivity contribution in [2.24, 2.45) is 0 Å². The Morgan fingerprint density at radius 1 is 1.03 bits per heavy atom. The molecule has 8 nitrogen and oxygen atoms in total. The van der Waals surface area contributed by atoms with Crippen molar-refractivity contribution in [1.82, 2.24) is 14.7 Å². The summed E-state index contributed by atoms with van der Waals surface area (Å²) in [5.41, 5.74) is 1.58. The van der Waals surface area contributed by atoms with Gasteiger partial charge in [0.2, 0.25) is 0 Å². The zero-order valence-corrected chi connectivity index (χ0v) is 19.0. The Morgan fingerprint density at radius 2 is 1.78 bits per heavy atom. The van der Waals surface area contributed by atoms with E-state index < -0.39 is 0 Å². The topological polar surface area (TPSA) is 73.4 Å². The molecular formula is C24H34N4O4. The fraction of sp³-hybridized carbons (Fsp3) is 0.625. The van der Waals surface area contributed by atoms with Gasteiger partial charge in [-0.3, -0.25) is 14.6 Å². The van der Waals surface area contributed by atoms with Gasteiger partial charge in [-0.05, 0) is 50.8 Å². The van der Waals surface area contributed by atoms with Gasteiger partial charge in [-0.15, -0.1) is 0 Å². The van der Waals surface area contributed by atoms with Gasteiger partial charge in [0.15, 0.2) is 0 Å². The highest BCUT2D eigenvalue weighted by Crippen LogP contribution is 2.27. The highest BCUT2D eigenvalue weighted by molar-refractivity contribution is 6.04. The van der Waals surface area contributed by atoms with E-state index in [1.807, 2.05) is 31.2 Å². The minimum absolute atomic E-state index is 0.00255. The van der Waals surface area contributed by atoms with Crippen LogP contribution in [-0.4, -0.2) is 91.1 Å². The number of rotatable bonds is 9. The van der Waals surface area contributed by atoms with Crippen molar-refractivity contribution in [3.63, 3.8) is 0 Å². The molecule has 0 radical (unpaired) electrons. The summed E-state index contributed by atoms with van der Waals surface area (Å²) in [6, 6.07) is 7.38. The highest BCUT2D eigenvalue weighted by Gasteiger charge is 2.46. The second-order valence-corrected chi connectivity index (χ2v) is 8.81. The van der Waals surface area contributed by atoms with Crippen LogP contribution in [0.25, 0.3) is 0 Å². The quantitative estimate of drug-likeness (QED) is 0.333. The molecule has 1 atom stereocenters. The van der Waals surface area contributed by atoms with E-state index in [0.717, 1.165) is 77.1 Å². The molecule has 3 fully saturated rings. The van der Waals surface area contributed by atoms with E-state index in [9.17, 15) is 14.4 Å². The van der Waals surface area contributed by atoms with Gasteiger partial charge in [0.1, 0.15) is 6.04 Å². The van der Waals surface area contributed by atoms with E-state index in [4.69, 9.17) is 4.74 Å². The monoisotopic (exact) mass is 442 g/mol. The zero-order valence-electron chi connectivity index (χ0n) is 19.0. The van der Waals surface area contributed by atoms with Crippen LogP contribution in [0.15, 0.2) is 24.3 Å². The van der Waals surface area contributed by atoms with Crippen LogP contribution in [0, 0.1) is 0 Å². The molecule has 4 rings (SSSR count). The molecule has 1 unspecified atom stereocenters. The van der Waals surface area contributed by atoms with Crippen LogP contribution in [-0.2, 0) is 9.53 Å². The number of unbranched alkanes of at least 4 members (excludes halogenated alkanes) is 1. The first-order valence-electron chi connectivity index (χ1n) is 12.0. The van der Waals surface area contributed by atoms with Gasteiger partial charge in [-0.1, -0.05) is 19.1 Å². The van der Waals surface area contributed by atoms with Crippen molar-refractivity contribution in [2.75, 3.05) is 57.3 Å². The average Bonchev–Trinajstić information content (AvgIpc) is 3.39. The lowest BCUT2D eigenvalue weighted by Crippen LogP contribution is -2.47. The van der Waals surface area contributed by atoms with Crippen LogP contribution in [0.3, 0.4) is 0 Å². The number of nitrogens with zero attached hydrogens (tertiary/aromatic N) is 4. The maximum atomic E-state index is 12.4. The fourth-order valence-electron chi connectivity index (χ4n) is 4.90. The standard InChI is InChI=1S/C24H34N4O4/c1-2-18-32-23(30)19-8-3-4-9-20(19)26-16-14-25(15-17-26)11-5-6-12-28-22(29)21-10-7-13-27(21)24(28)31/h3-4,8-9,21H,2,5-7,10-18H2,1H3. The van der Waals surface area contributed by atoms with E-state index in [1.54, 1.807) is 4.90 Å². The summed E-state index contributed by atoms with van der Waals surface area (Å²) in [6.45, 7) is 8.20. The Balaban J connectivity index is 1.20. The number of hydrogen-bond donors (Lipinski definition) is 0. The summed E-state index contributed by atoms with van der Waals surface area (Å²) in [4.78, 5) is 45.1. The molecular weight excluding hydrogens is 408 g/mol.